The molecule has 0 aromatic rings. The van der Waals surface area contributed by atoms with Gasteiger partial charge >= 0.3 is 5.97 Å². The summed E-state index contributed by atoms with van der Waals surface area (Å²) < 4.78 is 0. The molecule has 0 heterocycles. The van der Waals surface area contributed by atoms with Crippen molar-refractivity contribution >= 4 is 5.97 Å². The second kappa shape index (κ2) is 6.04. The minimum absolute atomic E-state index is 0.754. The van der Waals surface area contributed by atoms with Gasteiger partial charge in [0, 0.05) is 12.6 Å². The number of hydrogen-bond acceptors (Lipinski definition) is 2. The van der Waals surface area contributed by atoms with E-state index in [2.05, 4.69) is 5.32 Å². The van der Waals surface area contributed by atoms with Crippen molar-refractivity contribution in [2.75, 3.05) is 13.6 Å². The van der Waals surface area contributed by atoms with Crippen LogP contribution in [0, 0.1) is 0 Å². The third-order valence-electron chi connectivity index (χ3n) is 0.808. The molecule has 0 radical (unpaired) electrons. The van der Waals surface area contributed by atoms with E-state index < -0.39 is 5.97 Å². The van der Waals surface area contributed by atoms with Gasteiger partial charge in [-0.2, -0.15) is 0 Å². The lowest BCUT2D eigenvalue weighted by atomic mass is 10.4. The highest BCUT2D eigenvalue weighted by Crippen LogP contribution is 1.75. The molecule has 0 aliphatic carbocycles. The average molecular weight is 141 g/mol. The molecule has 0 unspecified atom stereocenters. The largest absolute Gasteiger partial charge is 0.478 e. The number of likely N-dealkylation sites (N-methyl/N-ethyl adjacent to an activating group) is 1. The van der Waals surface area contributed by atoms with Crippen molar-refractivity contribution in [2.24, 2.45) is 0 Å². The molecule has 0 amide bonds. The van der Waals surface area contributed by atoms with Crippen LogP contribution < -0.4 is 5.32 Å². The number of aliphatic carboxylic acids is 1. The summed E-state index contributed by atoms with van der Waals surface area (Å²) in [5.41, 5.74) is 0. The molecule has 0 aliphatic rings. The van der Waals surface area contributed by atoms with Gasteiger partial charge < -0.3 is 10.4 Å². The first-order valence-corrected chi connectivity index (χ1v) is 2.98. The van der Waals surface area contributed by atoms with Crippen LogP contribution in [0.5, 0.6) is 0 Å². The van der Waals surface area contributed by atoms with E-state index in [0.717, 1.165) is 12.6 Å². The summed E-state index contributed by atoms with van der Waals surface area (Å²) in [5.74, 6) is -0.922. The monoisotopic (exact) mass is 141 g/mol. The fourth-order valence-electron chi connectivity index (χ4n) is 0.402. The molecule has 0 aromatic carbocycles. The molecular weight excluding hydrogens is 130 g/mol. The summed E-state index contributed by atoms with van der Waals surface area (Å²) in [7, 11) is 1.82. The van der Waals surface area contributed by atoms with Gasteiger partial charge in [-0.05, 0) is 7.05 Å². The molecule has 2 N–H and O–H groups in total. The summed E-state index contributed by atoms with van der Waals surface area (Å²) in [6, 6.07) is 0. The lowest BCUT2D eigenvalue weighted by Crippen LogP contribution is -2.03. The van der Waals surface area contributed by atoms with Crippen molar-refractivity contribution in [3.8, 4) is 0 Å². The molecule has 0 rings (SSSR count). The van der Waals surface area contributed by atoms with Gasteiger partial charge in [0.2, 0.25) is 0 Å². The third-order valence-corrected chi connectivity index (χ3v) is 0.808. The van der Waals surface area contributed by atoms with Gasteiger partial charge in [-0.3, -0.25) is 0 Å². The fourth-order valence-corrected chi connectivity index (χ4v) is 0.402. The summed E-state index contributed by atoms with van der Waals surface area (Å²) in [6.07, 6.45) is 6.09. The van der Waals surface area contributed by atoms with Crippen molar-refractivity contribution in [1.29, 1.82) is 0 Å². The van der Waals surface area contributed by atoms with Gasteiger partial charge in [0.25, 0.3) is 0 Å². The molecule has 10 heavy (non-hydrogen) atoms. The van der Waals surface area contributed by atoms with Gasteiger partial charge in [-0.15, -0.1) is 0 Å². The Morgan fingerprint density at radius 3 is 2.80 bits per heavy atom. The smallest absolute Gasteiger partial charge is 0.328 e. The zero-order valence-corrected chi connectivity index (χ0v) is 5.87. The Morgan fingerprint density at radius 1 is 1.60 bits per heavy atom. The first-order valence-electron chi connectivity index (χ1n) is 2.98. The van der Waals surface area contributed by atoms with E-state index in [9.17, 15) is 4.79 Å². The molecule has 0 saturated heterocycles. The molecule has 0 bridgehead atoms. The summed E-state index contributed by atoms with van der Waals surface area (Å²) in [6.45, 7) is 0.754. The molecule has 0 aliphatic heterocycles. The maximum Gasteiger partial charge on any atom is 0.328 e. The second-order valence-electron chi connectivity index (χ2n) is 1.68. The minimum atomic E-state index is -0.922. The number of carboxylic acids is 1. The van der Waals surface area contributed by atoms with Crippen LogP contribution in [-0.4, -0.2) is 24.7 Å². The fraction of sp³-hybridized carbons (Fsp3) is 0.286. The highest BCUT2D eigenvalue weighted by molar-refractivity contribution is 5.80. The molecule has 0 saturated carbocycles. The number of carbonyl (C=O) groups is 1. The van der Waals surface area contributed by atoms with Crippen molar-refractivity contribution in [2.45, 2.75) is 0 Å². The van der Waals surface area contributed by atoms with Crippen LogP contribution in [0.2, 0.25) is 0 Å². The van der Waals surface area contributed by atoms with Gasteiger partial charge in [-0.1, -0.05) is 18.2 Å². The number of allylic oxidation sites excluding steroid dienone is 2. The van der Waals surface area contributed by atoms with E-state index in [1.54, 1.807) is 6.08 Å². The van der Waals surface area contributed by atoms with Crippen LogP contribution in [0.4, 0.5) is 0 Å². The van der Waals surface area contributed by atoms with Crippen LogP contribution in [0.25, 0.3) is 0 Å². The van der Waals surface area contributed by atoms with Crippen molar-refractivity contribution in [3.63, 3.8) is 0 Å². The maximum atomic E-state index is 9.90. The van der Waals surface area contributed by atoms with Gasteiger partial charge in [-0.25, -0.2) is 4.79 Å². The Kier molecular flexibility index (Phi) is 5.38. The highest BCUT2D eigenvalue weighted by Gasteiger charge is 1.79. The molecule has 3 nitrogen and oxygen atoms in total. The SMILES string of the molecule is CNC/C=C/C=C/C(=O)O. The number of hydrogen-bond donors (Lipinski definition) is 2. The summed E-state index contributed by atoms with van der Waals surface area (Å²) in [5, 5.41) is 11.0. The second-order valence-corrected chi connectivity index (χ2v) is 1.68. The topological polar surface area (TPSA) is 49.3 Å². The van der Waals surface area contributed by atoms with Crippen molar-refractivity contribution < 1.29 is 9.90 Å². The number of nitrogens with one attached hydrogen (secondary N) is 1. The molecule has 0 fully saturated rings. The molecule has 0 spiro atoms. The van der Waals surface area contributed by atoms with E-state index in [-0.39, 0.29) is 0 Å². The Balaban J connectivity index is 3.42. The summed E-state index contributed by atoms with van der Waals surface area (Å²) in [4.78, 5) is 9.90. The predicted octanol–water partition coefficient (Wildman–Crippen LogP) is 0.403. The average Bonchev–Trinajstić information content (AvgIpc) is 1.87. The lowest BCUT2D eigenvalue weighted by molar-refractivity contribution is -0.131. The molecule has 0 atom stereocenters. The van der Waals surface area contributed by atoms with Crippen LogP contribution in [0.3, 0.4) is 0 Å². The first kappa shape index (κ1) is 8.91. The van der Waals surface area contributed by atoms with E-state index in [4.69, 9.17) is 5.11 Å². The maximum absolute atomic E-state index is 9.90. The van der Waals surface area contributed by atoms with E-state index >= 15 is 0 Å². The predicted molar refractivity (Wildman–Crippen MR) is 39.8 cm³/mol. The van der Waals surface area contributed by atoms with Gasteiger partial charge in [0.05, 0.1) is 0 Å². The zero-order chi connectivity index (χ0) is 7.82. The minimum Gasteiger partial charge on any atom is -0.478 e. The standard InChI is InChI=1S/C7H11NO2/c1-8-6-4-2-3-5-7(9)10/h2-5,8H,6H2,1H3,(H,9,10)/b4-2+,5-3+. The van der Waals surface area contributed by atoms with Crippen molar-refractivity contribution in [3.05, 3.63) is 24.3 Å². The van der Waals surface area contributed by atoms with E-state index in [1.807, 2.05) is 13.1 Å². The van der Waals surface area contributed by atoms with Gasteiger partial charge in [0.1, 0.15) is 0 Å². The van der Waals surface area contributed by atoms with E-state index in [0.29, 0.717) is 0 Å². The normalized spacial score (nSPS) is 11.3. The Hall–Kier alpha value is -1.09. The third kappa shape index (κ3) is 6.91. The van der Waals surface area contributed by atoms with Crippen LogP contribution in [0.1, 0.15) is 0 Å². The number of carboxylic acid groups (broad SMARTS) is 1. The van der Waals surface area contributed by atoms with Gasteiger partial charge in [0.15, 0.2) is 0 Å². The Labute approximate surface area is 60.1 Å². The highest BCUT2D eigenvalue weighted by atomic mass is 16.4. The summed E-state index contributed by atoms with van der Waals surface area (Å²) >= 11 is 0. The van der Waals surface area contributed by atoms with Crippen LogP contribution >= 0.6 is 0 Å². The number of rotatable bonds is 4. The lowest BCUT2D eigenvalue weighted by Gasteiger charge is -1.83. The van der Waals surface area contributed by atoms with E-state index in [1.165, 1.54) is 6.08 Å². The van der Waals surface area contributed by atoms with Crippen molar-refractivity contribution in [1.82, 2.24) is 5.32 Å². The quantitative estimate of drug-likeness (QED) is 0.440. The first-order chi connectivity index (χ1) is 4.77. The Morgan fingerprint density at radius 2 is 2.30 bits per heavy atom. The Bertz CT molecular complexity index is 150. The zero-order valence-electron chi connectivity index (χ0n) is 5.87. The molecule has 56 valence electrons. The molecular formula is C7H11NO2. The molecule has 3 heteroatoms. The molecule has 0 aromatic heterocycles. The van der Waals surface area contributed by atoms with Crippen LogP contribution in [-0.2, 0) is 4.79 Å². The van der Waals surface area contributed by atoms with Crippen LogP contribution in [0.15, 0.2) is 24.3 Å².